The highest BCUT2D eigenvalue weighted by Gasteiger charge is 1.99. The number of para-hydroxylation sites is 1. The van der Waals surface area contributed by atoms with Crippen molar-refractivity contribution >= 4 is 10.9 Å². The minimum Gasteiger partial charge on any atom is -0.281 e. The number of rotatable bonds is 1. The molecule has 0 fully saturated rings. The normalized spacial score (nSPS) is 9.46. The Hall–Kier alpha value is -1.31. The lowest BCUT2D eigenvalue weighted by atomic mass is 10.2. The lowest BCUT2D eigenvalue weighted by Gasteiger charge is -1.88. The minimum atomic E-state index is 1.01. The van der Waals surface area contributed by atoms with Crippen LogP contribution < -0.4 is 0 Å². The molecule has 0 aliphatic rings. The van der Waals surface area contributed by atoms with Crippen LogP contribution in [0.1, 0.15) is 26.5 Å². The fourth-order valence-corrected chi connectivity index (χ4v) is 1.28. The average Bonchev–Trinajstić information content (AvgIpc) is 2.64. The maximum absolute atomic E-state index is 4.16. The first-order chi connectivity index (χ1) is 6.42. The molecule has 0 aliphatic heterocycles. The summed E-state index contributed by atoms with van der Waals surface area (Å²) in [5, 5.41) is 8.42. The second kappa shape index (κ2) is 4.65. The summed E-state index contributed by atoms with van der Waals surface area (Å²) >= 11 is 0. The van der Waals surface area contributed by atoms with Crippen molar-refractivity contribution in [1.82, 2.24) is 10.2 Å². The number of hydrogen-bond acceptors (Lipinski definition) is 1. The number of benzene rings is 1. The van der Waals surface area contributed by atoms with Crippen molar-refractivity contribution in [2.24, 2.45) is 0 Å². The number of fused-ring (bicyclic) bond motifs is 1. The summed E-state index contributed by atoms with van der Waals surface area (Å²) in [5.41, 5.74) is 2.28. The van der Waals surface area contributed by atoms with E-state index in [4.69, 9.17) is 0 Å². The highest BCUT2D eigenvalue weighted by Crippen LogP contribution is 2.14. The summed E-state index contributed by atoms with van der Waals surface area (Å²) in [5.74, 6) is 0. The van der Waals surface area contributed by atoms with Crippen molar-refractivity contribution in [3.63, 3.8) is 0 Å². The Morgan fingerprint density at radius 1 is 1.23 bits per heavy atom. The predicted molar refractivity (Wildman–Crippen MR) is 56.8 cm³/mol. The molecule has 1 aromatic carbocycles. The van der Waals surface area contributed by atoms with Crippen LogP contribution in [0, 0.1) is 0 Å². The molecule has 0 saturated heterocycles. The number of H-pyrrole nitrogens is 1. The number of hydrogen-bond donors (Lipinski definition) is 1. The van der Waals surface area contributed by atoms with Crippen molar-refractivity contribution in [2.45, 2.75) is 27.2 Å². The lowest BCUT2D eigenvalue weighted by molar-refractivity contribution is 0.988. The van der Waals surface area contributed by atoms with Crippen LogP contribution in [0.15, 0.2) is 24.3 Å². The summed E-state index contributed by atoms with van der Waals surface area (Å²) < 4.78 is 0. The van der Waals surface area contributed by atoms with Gasteiger partial charge in [0.15, 0.2) is 0 Å². The van der Waals surface area contributed by atoms with Crippen molar-refractivity contribution in [1.29, 1.82) is 0 Å². The molecular formula is C11H16N2. The Labute approximate surface area is 79.0 Å². The van der Waals surface area contributed by atoms with Crippen LogP contribution >= 0.6 is 0 Å². The molecule has 2 rings (SSSR count). The first kappa shape index (κ1) is 9.78. The fourth-order valence-electron chi connectivity index (χ4n) is 1.28. The molecule has 2 nitrogen and oxygen atoms in total. The second-order valence-electron chi connectivity index (χ2n) is 2.57. The van der Waals surface area contributed by atoms with Crippen LogP contribution in [0.25, 0.3) is 10.9 Å². The van der Waals surface area contributed by atoms with E-state index in [1.54, 1.807) is 0 Å². The molecule has 1 aromatic heterocycles. The molecule has 0 saturated carbocycles. The van der Waals surface area contributed by atoms with Gasteiger partial charge in [0.05, 0.1) is 5.52 Å². The Balaban J connectivity index is 0.000000396. The van der Waals surface area contributed by atoms with Gasteiger partial charge in [-0.05, 0) is 12.5 Å². The smallest absolute Gasteiger partial charge is 0.0923 e. The summed E-state index contributed by atoms with van der Waals surface area (Å²) in [6.07, 6.45) is 1.01. The van der Waals surface area contributed by atoms with Gasteiger partial charge in [0, 0.05) is 11.1 Å². The summed E-state index contributed by atoms with van der Waals surface area (Å²) in [4.78, 5) is 0. The van der Waals surface area contributed by atoms with Crippen LogP contribution in [-0.2, 0) is 6.42 Å². The van der Waals surface area contributed by atoms with E-state index in [-0.39, 0.29) is 0 Å². The molecule has 0 aliphatic carbocycles. The first-order valence-corrected chi connectivity index (χ1v) is 4.84. The Morgan fingerprint density at radius 2 is 1.92 bits per heavy atom. The molecule has 0 unspecified atom stereocenters. The maximum atomic E-state index is 4.16. The number of aromatic nitrogens is 2. The average molecular weight is 176 g/mol. The van der Waals surface area contributed by atoms with E-state index in [2.05, 4.69) is 23.2 Å². The van der Waals surface area contributed by atoms with E-state index < -0.39 is 0 Å². The highest BCUT2D eigenvalue weighted by molar-refractivity contribution is 5.80. The Bertz CT molecular complexity index is 363. The van der Waals surface area contributed by atoms with E-state index in [0.29, 0.717) is 0 Å². The van der Waals surface area contributed by atoms with Crippen molar-refractivity contribution < 1.29 is 0 Å². The lowest BCUT2D eigenvalue weighted by Crippen LogP contribution is -1.78. The second-order valence-corrected chi connectivity index (χ2v) is 2.57. The van der Waals surface area contributed by atoms with Crippen molar-refractivity contribution in [3.05, 3.63) is 30.0 Å². The number of nitrogens with one attached hydrogen (secondary N) is 1. The van der Waals surface area contributed by atoms with Crippen LogP contribution in [0.2, 0.25) is 0 Å². The van der Waals surface area contributed by atoms with Crippen LogP contribution in [0.5, 0.6) is 0 Å². The standard InChI is InChI=1S/C9H10N2.C2H6/c1-2-8-7-5-3-4-6-9(7)11-10-8;1-2/h3-6H,2H2,1H3,(H,10,11);1-2H3. The fraction of sp³-hybridized carbons (Fsp3) is 0.364. The molecule has 0 bridgehead atoms. The van der Waals surface area contributed by atoms with Gasteiger partial charge in [-0.2, -0.15) is 5.10 Å². The number of aromatic amines is 1. The van der Waals surface area contributed by atoms with Crippen molar-refractivity contribution in [2.75, 3.05) is 0 Å². The number of nitrogens with zero attached hydrogens (tertiary/aromatic N) is 1. The van der Waals surface area contributed by atoms with Gasteiger partial charge in [0.1, 0.15) is 0 Å². The Morgan fingerprint density at radius 3 is 2.62 bits per heavy atom. The molecule has 1 heterocycles. The summed E-state index contributed by atoms with van der Waals surface area (Å²) in [7, 11) is 0. The van der Waals surface area contributed by atoms with Crippen LogP contribution in [0.4, 0.5) is 0 Å². The van der Waals surface area contributed by atoms with E-state index in [1.165, 1.54) is 11.1 Å². The molecule has 70 valence electrons. The molecule has 2 aromatic rings. The van der Waals surface area contributed by atoms with E-state index >= 15 is 0 Å². The van der Waals surface area contributed by atoms with E-state index in [9.17, 15) is 0 Å². The van der Waals surface area contributed by atoms with Gasteiger partial charge in [-0.1, -0.05) is 39.0 Å². The largest absolute Gasteiger partial charge is 0.281 e. The third kappa shape index (κ3) is 1.89. The quantitative estimate of drug-likeness (QED) is 0.710. The van der Waals surface area contributed by atoms with Gasteiger partial charge in [-0.25, -0.2) is 0 Å². The van der Waals surface area contributed by atoms with E-state index in [1.807, 2.05) is 32.0 Å². The molecule has 0 amide bonds. The SMILES string of the molecule is CC.CCc1[nH]nc2ccccc12. The molecule has 0 atom stereocenters. The maximum Gasteiger partial charge on any atom is 0.0923 e. The summed E-state index contributed by atoms with van der Waals surface area (Å²) in [6, 6.07) is 8.16. The van der Waals surface area contributed by atoms with Gasteiger partial charge < -0.3 is 0 Å². The Kier molecular flexibility index (Phi) is 3.50. The third-order valence-corrected chi connectivity index (χ3v) is 1.89. The van der Waals surface area contributed by atoms with Gasteiger partial charge >= 0.3 is 0 Å². The van der Waals surface area contributed by atoms with Crippen molar-refractivity contribution in [3.8, 4) is 0 Å². The molecule has 0 radical (unpaired) electrons. The molecule has 0 spiro atoms. The molecular weight excluding hydrogens is 160 g/mol. The zero-order valence-corrected chi connectivity index (χ0v) is 8.46. The van der Waals surface area contributed by atoms with Gasteiger partial charge in [0.25, 0.3) is 0 Å². The van der Waals surface area contributed by atoms with Gasteiger partial charge in [0.2, 0.25) is 0 Å². The van der Waals surface area contributed by atoms with Crippen LogP contribution in [0.3, 0.4) is 0 Å². The summed E-state index contributed by atoms with van der Waals surface area (Å²) in [6.45, 7) is 6.12. The predicted octanol–water partition coefficient (Wildman–Crippen LogP) is 3.15. The van der Waals surface area contributed by atoms with Gasteiger partial charge in [-0.15, -0.1) is 0 Å². The molecule has 13 heavy (non-hydrogen) atoms. The van der Waals surface area contributed by atoms with Gasteiger partial charge in [-0.3, -0.25) is 5.10 Å². The minimum absolute atomic E-state index is 1.01. The highest BCUT2D eigenvalue weighted by atomic mass is 15.1. The molecule has 2 heteroatoms. The monoisotopic (exact) mass is 176 g/mol. The molecule has 1 N–H and O–H groups in total. The topological polar surface area (TPSA) is 28.7 Å². The zero-order valence-electron chi connectivity index (χ0n) is 8.46. The first-order valence-electron chi connectivity index (χ1n) is 4.84. The van der Waals surface area contributed by atoms with Crippen LogP contribution in [-0.4, -0.2) is 10.2 Å². The van der Waals surface area contributed by atoms with E-state index in [0.717, 1.165) is 11.9 Å². The zero-order chi connectivity index (χ0) is 9.68. The number of aryl methyl sites for hydroxylation is 1. The third-order valence-electron chi connectivity index (χ3n) is 1.89.